The maximum Gasteiger partial charge on any atom is 0.241 e. The minimum absolute atomic E-state index is 0.227. The predicted molar refractivity (Wildman–Crippen MR) is 77.4 cm³/mol. The second-order valence-corrected chi connectivity index (χ2v) is 5.13. The summed E-state index contributed by atoms with van der Waals surface area (Å²) in [6.07, 6.45) is 4.37. The first-order valence-corrected chi connectivity index (χ1v) is 6.75. The highest BCUT2D eigenvalue weighted by molar-refractivity contribution is 5.96. The summed E-state index contributed by atoms with van der Waals surface area (Å²) >= 11 is 0. The van der Waals surface area contributed by atoms with E-state index in [1.165, 1.54) is 0 Å². The summed E-state index contributed by atoms with van der Waals surface area (Å²) in [6.45, 7) is 3.57. The topological polar surface area (TPSA) is 81.2 Å². The summed E-state index contributed by atoms with van der Waals surface area (Å²) in [5.41, 5.74) is 7.92. The van der Waals surface area contributed by atoms with Gasteiger partial charge in [-0.25, -0.2) is 4.98 Å². The first-order chi connectivity index (χ1) is 9.67. The van der Waals surface area contributed by atoms with Crippen LogP contribution in [-0.2, 0) is 4.79 Å². The van der Waals surface area contributed by atoms with Gasteiger partial charge in [0.2, 0.25) is 5.91 Å². The molecule has 1 aliphatic rings. The zero-order valence-electron chi connectivity index (χ0n) is 11.1. The van der Waals surface area contributed by atoms with Gasteiger partial charge in [-0.2, -0.15) is 0 Å². The molecular weight excluding hydrogens is 254 g/mol. The van der Waals surface area contributed by atoms with Gasteiger partial charge in [0.1, 0.15) is 5.52 Å². The molecule has 104 valence electrons. The molecule has 0 spiro atoms. The Labute approximate surface area is 116 Å². The quantitative estimate of drug-likeness (QED) is 0.819. The molecule has 1 aromatic heterocycles. The van der Waals surface area contributed by atoms with Gasteiger partial charge in [0, 0.05) is 11.6 Å². The van der Waals surface area contributed by atoms with E-state index in [9.17, 15) is 4.79 Å². The van der Waals surface area contributed by atoms with E-state index in [2.05, 4.69) is 16.9 Å². The van der Waals surface area contributed by atoms with Gasteiger partial charge in [0.15, 0.2) is 11.5 Å². The Morgan fingerprint density at radius 3 is 3.10 bits per heavy atom. The molecule has 1 aliphatic carbocycles. The first kappa shape index (κ1) is 12.9. The number of nitrogens with two attached hydrogens (primary N) is 1. The molecule has 5 nitrogen and oxygen atoms in total. The fourth-order valence-electron chi connectivity index (χ4n) is 2.05. The number of nitrogens with one attached hydrogen (secondary N) is 1. The Kier molecular flexibility index (Phi) is 3.28. The molecule has 1 saturated carbocycles. The van der Waals surface area contributed by atoms with E-state index in [1.54, 1.807) is 12.1 Å². The number of carbonyl (C=O) groups is 1. The summed E-state index contributed by atoms with van der Waals surface area (Å²) in [5, 5.41) is 2.78. The SMILES string of the molecule is C=CCC(N)C(=O)Nc1ccc2oc(C3CC3)nc2c1. The highest BCUT2D eigenvalue weighted by Gasteiger charge is 2.28. The third-order valence-electron chi connectivity index (χ3n) is 3.36. The molecule has 1 amide bonds. The van der Waals surface area contributed by atoms with Gasteiger partial charge in [-0.15, -0.1) is 6.58 Å². The lowest BCUT2D eigenvalue weighted by molar-refractivity contribution is -0.117. The maximum absolute atomic E-state index is 11.8. The average molecular weight is 271 g/mol. The fourth-order valence-corrected chi connectivity index (χ4v) is 2.05. The van der Waals surface area contributed by atoms with Gasteiger partial charge >= 0.3 is 0 Å². The molecule has 0 aliphatic heterocycles. The van der Waals surface area contributed by atoms with E-state index >= 15 is 0 Å². The molecule has 2 aromatic rings. The minimum atomic E-state index is -0.581. The van der Waals surface area contributed by atoms with Crippen LogP contribution in [0.5, 0.6) is 0 Å². The Bertz CT molecular complexity index is 658. The molecule has 3 rings (SSSR count). The molecule has 0 radical (unpaired) electrons. The van der Waals surface area contributed by atoms with E-state index in [0.29, 0.717) is 18.0 Å². The van der Waals surface area contributed by atoms with Crippen molar-refractivity contribution in [3.63, 3.8) is 0 Å². The zero-order valence-corrected chi connectivity index (χ0v) is 11.1. The molecule has 20 heavy (non-hydrogen) atoms. The molecule has 3 N–H and O–H groups in total. The van der Waals surface area contributed by atoms with Gasteiger partial charge in [-0.1, -0.05) is 6.08 Å². The lowest BCUT2D eigenvalue weighted by atomic mass is 10.2. The van der Waals surface area contributed by atoms with E-state index in [0.717, 1.165) is 29.8 Å². The van der Waals surface area contributed by atoms with Crippen molar-refractivity contribution >= 4 is 22.7 Å². The van der Waals surface area contributed by atoms with Crippen LogP contribution in [0.3, 0.4) is 0 Å². The number of hydrogen-bond acceptors (Lipinski definition) is 4. The van der Waals surface area contributed by atoms with Gasteiger partial charge < -0.3 is 15.5 Å². The molecule has 1 aromatic carbocycles. The zero-order chi connectivity index (χ0) is 14.1. The van der Waals surface area contributed by atoms with Crippen molar-refractivity contribution in [1.29, 1.82) is 0 Å². The third-order valence-corrected chi connectivity index (χ3v) is 3.36. The molecule has 5 heteroatoms. The molecule has 0 bridgehead atoms. The normalized spacial score (nSPS) is 16.1. The number of amides is 1. The Balaban J connectivity index is 1.78. The van der Waals surface area contributed by atoms with E-state index in [-0.39, 0.29) is 5.91 Å². The third kappa shape index (κ3) is 2.58. The number of nitrogens with zero attached hydrogens (tertiary/aromatic N) is 1. The predicted octanol–water partition coefficient (Wildman–Crippen LogP) is 2.55. The number of oxazole rings is 1. The van der Waals surface area contributed by atoms with Crippen molar-refractivity contribution in [1.82, 2.24) is 4.98 Å². The average Bonchev–Trinajstić information content (AvgIpc) is 3.19. The summed E-state index contributed by atoms with van der Waals surface area (Å²) in [6, 6.07) is 4.84. The second kappa shape index (κ2) is 5.09. The van der Waals surface area contributed by atoms with Crippen LogP contribution in [-0.4, -0.2) is 16.9 Å². The summed E-state index contributed by atoms with van der Waals surface area (Å²) in [4.78, 5) is 16.3. The number of carbonyl (C=O) groups excluding carboxylic acids is 1. The van der Waals surface area contributed by atoms with Crippen LogP contribution in [0, 0.1) is 0 Å². The van der Waals surface area contributed by atoms with Gasteiger partial charge in [-0.3, -0.25) is 4.79 Å². The number of anilines is 1. The minimum Gasteiger partial charge on any atom is -0.440 e. The van der Waals surface area contributed by atoms with Crippen molar-refractivity contribution in [3.05, 3.63) is 36.7 Å². The van der Waals surface area contributed by atoms with Crippen molar-refractivity contribution in [2.75, 3.05) is 5.32 Å². The standard InChI is InChI=1S/C15H17N3O2/c1-2-3-11(16)14(19)17-10-6-7-13-12(8-10)18-15(20-13)9-4-5-9/h2,6-9,11H,1,3-5,16H2,(H,17,19). The highest BCUT2D eigenvalue weighted by atomic mass is 16.3. The van der Waals surface area contributed by atoms with Crippen molar-refractivity contribution in [2.24, 2.45) is 5.73 Å². The lowest BCUT2D eigenvalue weighted by Crippen LogP contribution is -2.35. The fraction of sp³-hybridized carbons (Fsp3) is 0.333. The van der Waals surface area contributed by atoms with Crippen LogP contribution in [0.1, 0.15) is 31.1 Å². The smallest absolute Gasteiger partial charge is 0.241 e. The van der Waals surface area contributed by atoms with Crippen LogP contribution >= 0.6 is 0 Å². The number of fused-ring (bicyclic) bond motifs is 1. The van der Waals surface area contributed by atoms with Crippen LogP contribution in [0.4, 0.5) is 5.69 Å². The number of hydrogen-bond donors (Lipinski definition) is 2. The molecule has 0 saturated heterocycles. The van der Waals surface area contributed by atoms with Crippen molar-refractivity contribution in [3.8, 4) is 0 Å². The number of benzene rings is 1. The van der Waals surface area contributed by atoms with Gasteiger partial charge in [0.25, 0.3) is 0 Å². The molecule has 1 unspecified atom stereocenters. The summed E-state index contributed by atoms with van der Waals surface area (Å²) in [5.74, 6) is 1.04. The van der Waals surface area contributed by atoms with Crippen LogP contribution in [0.25, 0.3) is 11.1 Å². The lowest BCUT2D eigenvalue weighted by Gasteiger charge is -2.09. The monoisotopic (exact) mass is 271 g/mol. The van der Waals surface area contributed by atoms with Crippen molar-refractivity contribution < 1.29 is 9.21 Å². The number of aromatic nitrogens is 1. The first-order valence-electron chi connectivity index (χ1n) is 6.75. The second-order valence-electron chi connectivity index (χ2n) is 5.13. The molecule has 1 heterocycles. The Morgan fingerprint density at radius 1 is 1.60 bits per heavy atom. The Hall–Kier alpha value is -2.14. The maximum atomic E-state index is 11.8. The Morgan fingerprint density at radius 2 is 2.40 bits per heavy atom. The molecule has 1 atom stereocenters. The van der Waals surface area contributed by atoms with Crippen LogP contribution in [0.15, 0.2) is 35.3 Å². The summed E-state index contributed by atoms with van der Waals surface area (Å²) in [7, 11) is 0. The largest absolute Gasteiger partial charge is 0.440 e. The van der Waals surface area contributed by atoms with Crippen LogP contribution in [0.2, 0.25) is 0 Å². The van der Waals surface area contributed by atoms with Gasteiger partial charge in [-0.05, 0) is 37.5 Å². The van der Waals surface area contributed by atoms with Crippen LogP contribution < -0.4 is 11.1 Å². The van der Waals surface area contributed by atoms with Crippen molar-refractivity contribution in [2.45, 2.75) is 31.2 Å². The summed E-state index contributed by atoms with van der Waals surface area (Å²) < 4.78 is 5.68. The molecular formula is C15H17N3O2. The van der Waals surface area contributed by atoms with E-state index in [1.807, 2.05) is 12.1 Å². The molecule has 1 fully saturated rings. The number of rotatable bonds is 5. The van der Waals surface area contributed by atoms with E-state index in [4.69, 9.17) is 10.2 Å². The van der Waals surface area contributed by atoms with Gasteiger partial charge in [0.05, 0.1) is 6.04 Å². The highest BCUT2D eigenvalue weighted by Crippen LogP contribution is 2.40. The van der Waals surface area contributed by atoms with E-state index < -0.39 is 6.04 Å².